The molecule has 0 bridgehead atoms. The Labute approximate surface area is 92.2 Å². The number of nitrogens with one attached hydrogen (secondary N) is 1. The molecular formula is C12H22N2O. The Hall–Kier alpha value is -0.570. The molecule has 1 amide bonds. The van der Waals surface area contributed by atoms with Crippen LogP contribution in [0.25, 0.3) is 0 Å². The molecule has 2 aliphatic rings. The summed E-state index contributed by atoms with van der Waals surface area (Å²) in [5.41, 5.74) is 0. The minimum absolute atomic E-state index is 0.247. The Kier molecular flexibility index (Phi) is 3.62. The van der Waals surface area contributed by atoms with Crippen LogP contribution in [-0.4, -0.2) is 37.0 Å². The predicted molar refractivity (Wildman–Crippen MR) is 60.6 cm³/mol. The van der Waals surface area contributed by atoms with Crippen molar-refractivity contribution in [3.63, 3.8) is 0 Å². The molecule has 0 radical (unpaired) electrons. The lowest BCUT2D eigenvalue weighted by Crippen LogP contribution is -2.42. The van der Waals surface area contributed by atoms with E-state index < -0.39 is 0 Å². The van der Waals surface area contributed by atoms with Crippen LogP contribution in [0.3, 0.4) is 0 Å². The molecular weight excluding hydrogens is 188 g/mol. The van der Waals surface area contributed by atoms with Crippen molar-refractivity contribution in [2.45, 2.75) is 44.6 Å². The third kappa shape index (κ3) is 2.51. The monoisotopic (exact) mass is 210 g/mol. The Bertz CT molecular complexity index is 218. The van der Waals surface area contributed by atoms with Crippen LogP contribution < -0.4 is 5.32 Å². The maximum atomic E-state index is 12.1. The Morgan fingerprint density at radius 2 is 1.93 bits per heavy atom. The van der Waals surface area contributed by atoms with Gasteiger partial charge in [-0.15, -0.1) is 0 Å². The molecule has 1 heterocycles. The standard InChI is InChI=1S/C12H22N2O/c1-14(11-5-3-2-4-6-11)12(15)10-7-8-13-9-10/h10-11,13H,2-9H2,1H3. The molecule has 2 fully saturated rings. The lowest BCUT2D eigenvalue weighted by molar-refractivity contribution is -0.136. The normalized spacial score (nSPS) is 27.9. The topological polar surface area (TPSA) is 32.3 Å². The van der Waals surface area contributed by atoms with E-state index in [-0.39, 0.29) is 5.92 Å². The smallest absolute Gasteiger partial charge is 0.227 e. The summed E-state index contributed by atoms with van der Waals surface area (Å²) in [5, 5.41) is 3.26. The maximum absolute atomic E-state index is 12.1. The van der Waals surface area contributed by atoms with E-state index in [9.17, 15) is 4.79 Å². The summed E-state index contributed by atoms with van der Waals surface area (Å²) in [6, 6.07) is 0.520. The fraction of sp³-hybridized carbons (Fsp3) is 0.917. The Morgan fingerprint density at radius 1 is 1.20 bits per heavy atom. The van der Waals surface area contributed by atoms with Gasteiger partial charge >= 0.3 is 0 Å². The number of amides is 1. The number of rotatable bonds is 2. The molecule has 1 saturated carbocycles. The highest BCUT2D eigenvalue weighted by atomic mass is 16.2. The van der Waals surface area contributed by atoms with Gasteiger partial charge in [0.05, 0.1) is 5.92 Å². The summed E-state index contributed by atoms with van der Waals surface area (Å²) in [7, 11) is 2.00. The molecule has 1 N–H and O–H groups in total. The van der Waals surface area contributed by atoms with Gasteiger partial charge in [0.25, 0.3) is 0 Å². The van der Waals surface area contributed by atoms with E-state index >= 15 is 0 Å². The first-order valence-corrected chi connectivity index (χ1v) is 6.26. The van der Waals surface area contributed by atoms with Gasteiger partial charge in [0, 0.05) is 19.6 Å². The number of hydrogen-bond donors (Lipinski definition) is 1. The molecule has 3 heteroatoms. The van der Waals surface area contributed by atoms with E-state index in [0.717, 1.165) is 19.5 Å². The molecule has 0 aromatic heterocycles. The summed E-state index contributed by atoms with van der Waals surface area (Å²) in [6.45, 7) is 1.89. The fourth-order valence-corrected chi connectivity index (χ4v) is 2.80. The Morgan fingerprint density at radius 3 is 2.53 bits per heavy atom. The van der Waals surface area contributed by atoms with Crippen LogP contribution in [0.1, 0.15) is 38.5 Å². The molecule has 2 rings (SSSR count). The van der Waals surface area contributed by atoms with E-state index in [1.165, 1.54) is 32.1 Å². The van der Waals surface area contributed by atoms with Crippen LogP contribution in [0.2, 0.25) is 0 Å². The summed E-state index contributed by atoms with van der Waals surface area (Å²) < 4.78 is 0. The molecule has 1 aliphatic carbocycles. The van der Waals surface area contributed by atoms with Gasteiger partial charge in [-0.1, -0.05) is 19.3 Å². The lowest BCUT2D eigenvalue weighted by atomic mass is 9.93. The first kappa shape index (κ1) is 10.9. The molecule has 1 unspecified atom stereocenters. The minimum atomic E-state index is 0.247. The van der Waals surface area contributed by atoms with Crippen LogP contribution in [0, 0.1) is 5.92 Å². The zero-order chi connectivity index (χ0) is 10.7. The summed E-state index contributed by atoms with van der Waals surface area (Å²) >= 11 is 0. The van der Waals surface area contributed by atoms with Gasteiger partial charge < -0.3 is 10.2 Å². The third-order valence-corrected chi connectivity index (χ3v) is 3.88. The van der Waals surface area contributed by atoms with Gasteiger partial charge in [-0.25, -0.2) is 0 Å². The van der Waals surface area contributed by atoms with Crippen molar-refractivity contribution in [3.8, 4) is 0 Å². The van der Waals surface area contributed by atoms with Crippen molar-refractivity contribution in [2.75, 3.05) is 20.1 Å². The molecule has 3 nitrogen and oxygen atoms in total. The molecule has 0 aromatic rings. The molecule has 15 heavy (non-hydrogen) atoms. The summed E-state index contributed by atoms with van der Waals surface area (Å²) in [4.78, 5) is 14.2. The van der Waals surface area contributed by atoms with Crippen molar-refractivity contribution in [3.05, 3.63) is 0 Å². The zero-order valence-corrected chi connectivity index (χ0v) is 9.67. The van der Waals surface area contributed by atoms with Gasteiger partial charge in [0.1, 0.15) is 0 Å². The second kappa shape index (κ2) is 4.97. The van der Waals surface area contributed by atoms with Crippen LogP contribution in [0.15, 0.2) is 0 Å². The van der Waals surface area contributed by atoms with Gasteiger partial charge in [-0.3, -0.25) is 4.79 Å². The second-order valence-corrected chi connectivity index (χ2v) is 4.93. The molecule has 1 aliphatic heterocycles. The number of carbonyl (C=O) groups is 1. The van der Waals surface area contributed by atoms with Gasteiger partial charge in [0.15, 0.2) is 0 Å². The van der Waals surface area contributed by atoms with Crippen molar-refractivity contribution in [1.82, 2.24) is 10.2 Å². The van der Waals surface area contributed by atoms with E-state index in [4.69, 9.17) is 0 Å². The summed E-state index contributed by atoms with van der Waals surface area (Å²) in [5.74, 6) is 0.615. The average Bonchev–Trinajstić information content (AvgIpc) is 2.82. The third-order valence-electron chi connectivity index (χ3n) is 3.88. The van der Waals surface area contributed by atoms with Crippen molar-refractivity contribution >= 4 is 5.91 Å². The first-order chi connectivity index (χ1) is 7.29. The number of nitrogens with zero attached hydrogens (tertiary/aromatic N) is 1. The van der Waals surface area contributed by atoms with Crippen molar-refractivity contribution < 1.29 is 4.79 Å². The molecule has 0 aromatic carbocycles. The molecule has 1 atom stereocenters. The second-order valence-electron chi connectivity index (χ2n) is 4.93. The molecule has 86 valence electrons. The van der Waals surface area contributed by atoms with E-state index in [0.29, 0.717) is 11.9 Å². The minimum Gasteiger partial charge on any atom is -0.342 e. The van der Waals surface area contributed by atoms with Crippen molar-refractivity contribution in [2.24, 2.45) is 5.92 Å². The van der Waals surface area contributed by atoms with E-state index in [1.807, 2.05) is 11.9 Å². The first-order valence-electron chi connectivity index (χ1n) is 6.26. The highest BCUT2D eigenvalue weighted by Gasteiger charge is 2.29. The Balaban J connectivity index is 1.87. The highest BCUT2D eigenvalue weighted by molar-refractivity contribution is 5.79. The zero-order valence-electron chi connectivity index (χ0n) is 9.67. The van der Waals surface area contributed by atoms with Crippen LogP contribution in [0.4, 0.5) is 0 Å². The average molecular weight is 210 g/mol. The van der Waals surface area contributed by atoms with E-state index in [1.54, 1.807) is 0 Å². The van der Waals surface area contributed by atoms with Gasteiger partial charge in [0.2, 0.25) is 5.91 Å². The predicted octanol–water partition coefficient (Wildman–Crippen LogP) is 1.39. The van der Waals surface area contributed by atoms with Crippen molar-refractivity contribution in [1.29, 1.82) is 0 Å². The van der Waals surface area contributed by atoms with Gasteiger partial charge in [-0.05, 0) is 25.8 Å². The SMILES string of the molecule is CN(C(=O)C1CCNC1)C1CCCCC1. The maximum Gasteiger partial charge on any atom is 0.227 e. The largest absolute Gasteiger partial charge is 0.342 e. The fourth-order valence-electron chi connectivity index (χ4n) is 2.80. The summed E-state index contributed by atoms with van der Waals surface area (Å²) in [6.07, 6.45) is 7.39. The lowest BCUT2D eigenvalue weighted by Gasteiger charge is -2.32. The van der Waals surface area contributed by atoms with Crippen LogP contribution >= 0.6 is 0 Å². The quantitative estimate of drug-likeness (QED) is 0.747. The van der Waals surface area contributed by atoms with Crippen LogP contribution in [-0.2, 0) is 4.79 Å². The number of carbonyl (C=O) groups excluding carboxylic acids is 1. The van der Waals surface area contributed by atoms with E-state index in [2.05, 4.69) is 5.32 Å². The molecule has 1 saturated heterocycles. The highest BCUT2D eigenvalue weighted by Crippen LogP contribution is 2.23. The van der Waals surface area contributed by atoms with Crippen LogP contribution in [0.5, 0.6) is 0 Å². The molecule has 0 spiro atoms. The van der Waals surface area contributed by atoms with Gasteiger partial charge in [-0.2, -0.15) is 0 Å². The number of hydrogen-bond acceptors (Lipinski definition) is 2.